The van der Waals surface area contributed by atoms with Gasteiger partial charge in [0.15, 0.2) is 5.65 Å². The van der Waals surface area contributed by atoms with Gasteiger partial charge in [0.2, 0.25) is 17.6 Å². The highest BCUT2D eigenvalue weighted by Gasteiger charge is 2.20. The van der Waals surface area contributed by atoms with Crippen molar-refractivity contribution in [3.63, 3.8) is 0 Å². The van der Waals surface area contributed by atoms with Crippen molar-refractivity contribution in [1.82, 2.24) is 24.6 Å². The average molecular weight is 447 g/mol. The third-order valence-electron chi connectivity index (χ3n) is 3.83. The molecule has 0 aliphatic rings. The zero-order chi connectivity index (χ0) is 19.1. The number of carbonyl (C=O) groups is 1. The van der Waals surface area contributed by atoms with Gasteiger partial charge in [-0.1, -0.05) is 0 Å². The number of anilines is 1. The van der Waals surface area contributed by atoms with Gasteiger partial charge in [0.1, 0.15) is 5.82 Å². The van der Waals surface area contributed by atoms with Crippen molar-refractivity contribution in [3.8, 4) is 11.3 Å². The minimum atomic E-state index is -0.350. The molecule has 1 aromatic carbocycles. The van der Waals surface area contributed by atoms with E-state index in [1.165, 1.54) is 28.0 Å². The molecule has 4 aromatic rings. The number of carbonyl (C=O) groups excluding carboxylic acids is 1. The minimum Gasteiger partial charge on any atom is -0.368 e. The summed E-state index contributed by atoms with van der Waals surface area (Å²) in [6.45, 7) is 1.88. The van der Waals surface area contributed by atoms with E-state index >= 15 is 0 Å². The van der Waals surface area contributed by atoms with E-state index < -0.39 is 0 Å². The van der Waals surface area contributed by atoms with E-state index in [2.05, 4.69) is 36.0 Å². The highest BCUT2D eigenvalue weighted by atomic mass is 79.9. The lowest BCUT2D eigenvalue weighted by molar-refractivity contribution is 0.0982. The monoisotopic (exact) mass is 446 g/mol. The summed E-state index contributed by atoms with van der Waals surface area (Å²) < 4.78 is 15.0. The van der Waals surface area contributed by atoms with Crippen molar-refractivity contribution >= 4 is 44.6 Å². The summed E-state index contributed by atoms with van der Waals surface area (Å²) in [5, 5.41) is 6.90. The largest absolute Gasteiger partial charge is 0.368 e. The molecule has 27 heavy (non-hydrogen) atoms. The Bertz CT molecular complexity index is 1170. The van der Waals surface area contributed by atoms with Crippen molar-refractivity contribution in [2.75, 3.05) is 5.73 Å². The van der Waals surface area contributed by atoms with Gasteiger partial charge in [0.25, 0.3) is 0 Å². The van der Waals surface area contributed by atoms with Crippen LogP contribution in [-0.2, 0) is 6.42 Å². The number of nitrogen functional groups attached to an aromatic ring is 1. The number of aromatic nitrogens is 5. The molecule has 0 atom stereocenters. The van der Waals surface area contributed by atoms with Crippen molar-refractivity contribution in [2.45, 2.75) is 13.3 Å². The van der Waals surface area contributed by atoms with Gasteiger partial charge >= 0.3 is 0 Å². The van der Waals surface area contributed by atoms with Gasteiger partial charge < -0.3 is 5.73 Å². The molecule has 0 unspecified atom stereocenters. The second kappa shape index (κ2) is 6.78. The van der Waals surface area contributed by atoms with Crippen LogP contribution in [0.2, 0.25) is 0 Å². The molecule has 4 rings (SSSR count). The van der Waals surface area contributed by atoms with Gasteiger partial charge in [-0.3, -0.25) is 4.79 Å². The molecule has 7 nitrogen and oxygen atoms in total. The number of thiazole rings is 1. The SMILES string of the molecule is Cc1nc(CC(=O)c2nc3c(Br)c(-c4ccc(F)cc4)nc(N)n3n2)cs1. The van der Waals surface area contributed by atoms with E-state index in [1.807, 2.05) is 12.3 Å². The first-order valence-corrected chi connectivity index (χ1v) is 9.51. The zero-order valence-electron chi connectivity index (χ0n) is 14.0. The van der Waals surface area contributed by atoms with Crippen LogP contribution in [0, 0.1) is 12.7 Å². The van der Waals surface area contributed by atoms with E-state index in [0.29, 0.717) is 27.1 Å². The molecule has 0 radical (unpaired) electrons. The molecule has 0 aliphatic heterocycles. The maximum Gasteiger partial charge on any atom is 0.223 e. The molecule has 136 valence electrons. The number of halogens is 2. The lowest BCUT2D eigenvalue weighted by Gasteiger charge is -2.06. The fourth-order valence-electron chi connectivity index (χ4n) is 2.58. The molecule has 3 heterocycles. The zero-order valence-corrected chi connectivity index (χ0v) is 16.4. The first-order chi connectivity index (χ1) is 12.9. The van der Waals surface area contributed by atoms with E-state index in [0.717, 1.165) is 5.01 Å². The second-order valence-corrected chi connectivity index (χ2v) is 7.62. The van der Waals surface area contributed by atoms with Crippen molar-refractivity contribution in [3.05, 3.63) is 56.5 Å². The number of fused-ring (bicyclic) bond motifs is 1. The maximum atomic E-state index is 13.2. The molecule has 10 heteroatoms. The molecule has 0 aliphatic carbocycles. The summed E-state index contributed by atoms with van der Waals surface area (Å²) in [7, 11) is 0. The summed E-state index contributed by atoms with van der Waals surface area (Å²) in [6, 6.07) is 5.84. The van der Waals surface area contributed by atoms with E-state index in [-0.39, 0.29) is 29.8 Å². The van der Waals surface area contributed by atoms with Crippen LogP contribution in [0.5, 0.6) is 0 Å². The number of benzene rings is 1. The standard InChI is InChI=1S/C17H12BrFN6OS/c1-8-21-11(7-27-8)6-12(26)15-23-16-13(18)14(22-17(20)25(16)24-15)9-2-4-10(19)5-3-9/h2-5,7H,6H2,1H3,(H2,20,22). The molecule has 0 amide bonds. The molecular formula is C17H12BrFN6OS. The van der Waals surface area contributed by atoms with Gasteiger partial charge in [-0.25, -0.2) is 19.3 Å². The Morgan fingerprint density at radius 3 is 2.67 bits per heavy atom. The number of aryl methyl sites for hydroxylation is 1. The van der Waals surface area contributed by atoms with E-state index in [4.69, 9.17) is 5.73 Å². The Balaban J connectivity index is 1.75. The normalized spacial score (nSPS) is 11.2. The van der Waals surface area contributed by atoms with Crippen molar-refractivity contribution in [2.24, 2.45) is 0 Å². The topological polar surface area (TPSA) is 99.1 Å². The van der Waals surface area contributed by atoms with Crippen LogP contribution in [0.1, 0.15) is 21.3 Å². The molecule has 0 bridgehead atoms. The van der Waals surface area contributed by atoms with Crippen LogP contribution in [0.25, 0.3) is 16.9 Å². The molecule has 0 spiro atoms. The van der Waals surface area contributed by atoms with Crippen molar-refractivity contribution in [1.29, 1.82) is 0 Å². The minimum absolute atomic E-state index is 0.0334. The van der Waals surface area contributed by atoms with Gasteiger partial charge in [-0.2, -0.15) is 4.52 Å². The number of nitrogens with two attached hydrogens (primary N) is 1. The van der Waals surface area contributed by atoms with Crippen LogP contribution < -0.4 is 5.73 Å². The fraction of sp³-hybridized carbons (Fsp3) is 0.118. The second-order valence-electron chi connectivity index (χ2n) is 5.77. The summed E-state index contributed by atoms with van der Waals surface area (Å²) in [5.74, 6) is -0.509. The van der Waals surface area contributed by atoms with Gasteiger partial charge in [0, 0.05) is 10.9 Å². The van der Waals surface area contributed by atoms with E-state index in [9.17, 15) is 9.18 Å². The summed E-state index contributed by atoms with van der Waals surface area (Å²) in [4.78, 5) is 25.4. The summed E-state index contributed by atoms with van der Waals surface area (Å²) >= 11 is 4.93. The number of Topliss-reactive ketones (excluding diaryl/α,β-unsaturated/α-hetero) is 1. The van der Waals surface area contributed by atoms with Crippen LogP contribution in [0.4, 0.5) is 10.3 Å². The highest BCUT2D eigenvalue weighted by molar-refractivity contribution is 9.10. The molecular weight excluding hydrogens is 435 g/mol. The van der Waals surface area contributed by atoms with Crippen molar-refractivity contribution < 1.29 is 9.18 Å². The van der Waals surface area contributed by atoms with Gasteiger partial charge in [-0.15, -0.1) is 16.4 Å². The molecule has 3 aromatic heterocycles. The number of nitrogens with zero attached hydrogens (tertiary/aromatic N) is 5. The number of hydrogen-bond donors (Lipinski definition) is 1. The number of ketones is 1. The summed E-state index contributed by atoms with van der Waals surface area (Å²) in [5.41, 5.74) is 8.18. The Morgan fingerprint density at radius 1 is 1.26 bits per heavy atom. The molecule has 0 fully saturated rings. The summed E-state index contributed by atoms with van der Waals surface area (Å²) in [6.07, 6.45) is 0.108. The predicted octanol–water partition coefficient (Wildman–Crippen LogP) is 3.47. The fourth-order valence-corrected chi connectivity index (χ4v) is 3.77. The van der Waals surface area contributed by atoms with Crippen LogP contribution >= 0.6 is 27.3 Å². The third-order valence-corrected chi connectivity index (χ3v) is 5.38. The molecule has 2 N–H and O–H groups in total. The molecule has 0 saturated carbocycles. The molecule has 0 saturated heterocycles. The van der Waals surface area contributed by atoms with Crippen LogP contribution in [-0.4, -0.2) is 30.3 Å². The Morgan fingerprint density at radius 2 is 2.00 bits per heavy atom. The maximum absolute atomic E-state index is 13.2. The quantitative estimate of drug-likeness (QED) is 0.481. The third kappa shape index (κ3) is 3.33. The Hall–Kier alpha value is -2.72. The predicted molar refractivity (Wildman–Crippen MR) is 103 cm³/mol. The van der Waals surface area contributed by atoms with E-state index in [1.54, 1.807) is 12.1 Å². The Labute approximate surface area is 165 Å². The first-order valence-electron chi connectivity index (χ1n) is 7.84. The number of hydrogen-bond acceptors (Lipinski definition) is 7. The lowest BCUT2D eigenvalue weighted by Crippen LogP contribution is -2.07. The number of rotatable bonds is 4. The average Bonchev–Trinajstić information content (AvgIpc) is 3.26. The lowest BCUT2D eigenvalue weighted by atomic mass is 10.1. The van der Waals surface area contributed by atoms with Gasteiger partial charge in [0.05, 0.1) is 27.3 Å². The van der Waals surface area contributed by atoms with Gasteiger partial charge in [-0.05, 0) is 47.1 Å². The Kier molecular flexibility index (Phi) is 4.44. The first kappa shape index (κ1) is 17.7. The van der Waals surface area contributed by atoms with Crippen LogP contribution in [0.15, 0.2) is 34.1 Å². The highest BCUT2D eigenvalue weighted by Crippen LogP contribution is 2.30. The smallest absolute Gasteiger partial charge is 0.223 e. The van der Waals surface area contributed by atoms with Crippen LogP contribution in [0.3, 0.4) is 0 Å².